The SMILES string of the molecule is CC(C)CCn1c(CN(C)Cc2cnccn2)cnc1S(=O)(=O)C(C)C. The lowest BCUT2D eigenvalue weighted by atomic mass is 10.1. The monoisotopic (exact) mass is 379 g/mol. The van der Waals surface area contributed by atoms with E-state index in [0.29, 0.717) is 25.6 Å². The summed E-state index contributed by atoms with van der Waals surface area (Å²) in [4.78, 5) is 14.7. The Morgan fingerprint density at radius 1 is 1.08 bits per heavy atom. The summed E-state index contributed by atoms with van der Waals surface area (Å²) in [5.74, 6) is 0.483. The highest BCUT2D eigenvalue weighted by atomic mass is 32.2. The Bertz CT molecular complexity index is 800. The Labute approximate surface area is 156 Å². The second kappa shape index (κ2) is 8.73. The van der Waals surface area contributed by atoms with Crippen LogP contribution >= 0.6 is 0 Å². The Kier molecular flexibility index (Phi) is 6.88. The van der Waals surface area contributed by atoms with Gasteiger partial charge in [0.15, 0.2) is 0 Å². The average molecular weight is 380 g/mol. The van der Waals surface area contributed by atoms with Gasteiger partial charge >= 0.3 is 0 Å². The third-order valence-electron chi connectivity index (χ3n) is 4.19. The van der Waals surface area contributed by atoms with Gasteiger partial charge in [-0.05, 0) is 33.2 Å². The van der Waals surface area contributed by atoms with Crippen molar-refractivity contribution in [2.75, 3.05) is 7.05 Å². The molecule has 0 atom stereocenters. The van der Waals surface area contributed by atoms with Crippen molar-refractivity contribution in [1.82, 2.24) is 24.4 Å². The summed E-state index contributed by atoms with van der Waals surface area (Å²) in [5, 5.41) is -0.316. The van der Waals surface area contributed by atoms with Crippen LogP contribution in [0, 0.1) is 5.92 Å². The lowest BCUT2D eigenvalue weighted by molar-refractivity contribution is 0.302. The molecule has 0 N–H and O–H groups in total. The number of nitrogens with zero attached hydrogens (tertiary/aromatic N) is 5. The van der Waals surface area contributed by atoms with Crippen LogP contribution in [0.3, 0.4) is 0 Å². The molecule has 0 aliphatic carbocycles. The van der Waals surface area contributed by atoms with Crippen LogP contribution in [0.4, 0.5) is 0 Å². The van der Waals surface area contributed by atoms with Gasteiger partial charge in [0.05, 0.1) is 22.8 Å². The van der Waals surface area contributed by atoms with E-state index in [9.17, 15) is 8.42 Å². The zero-order valence-corrected chi connectivity index (χ0v) is 17.1. The molecule has 0 amide bonds. The maximum absolute atomic E-state index is 12.7. The third kappa shape index (κ3) is 5.11. The predicted octanol–water partition coefficient (Wildman–Crippen LogP) is 2.53. The maximum Gasteiger partial charge on any atom is 0.228 e. The lowest BCUT2D eigenvalue weighted by Crippen LogP contribution is -2.23. The Hall–Kier alpha value is -1.80. The van der Waals surface area contributed by atoms with Crippen molar-refractivity contribution in [3.63, 3.8) is 0 Å². The minimum absolute atomic E-state index is 0.177. The van der Waals surface area contributed by atoms with E-state index in [0.717, 1.165) is 17.8 Å². The lowest BCUT2D eigenvalue weighted by Gasteiger charge is -2.19. The van der Waals surface area contributed by atoms with Crippen molar-refractivity contribution in [3.8, 4) is 0 Å². The Balaban J connectivity index is 2.25. The molecule has 0 fully saturated rings. The first-order valence-corrected chi connectivity index (χ1v) is 10.5. The van der Waals surface area contributed by atoms with Gasteiger partial charge in [-0.2, -0.15) is 0 Å². The molecule has 8 heteroatoms. The van der Waals surface area contributed by atoms with Crippen LogP contribution in [0.1, 0.15) is 45.5 Å². The quantitative estimate of drug-likeness (QED) is 0.666. The van der Waals surface area contributed by atoms with E-state index >= 15 is 0 Å². The number of sulfone groups is 1. The average Bonchev–Trinajstić information content (AvgIpc) is 2.96. The highest BCUT2D eigenvalue weighted by Crippen LogP contribution is 2.20. The fourth-order valence-corrected chi connectivity index (χ4v) is 3.74. The van der Waals surface area contributed by atoms with E-state index in [2.05, 4.69) is 33.7 Å². The standard InChI is InChI=1S/C18H29N5O2S/c1-14(2)6-9-23-17(11-21-18(23)26(24,25)15(3)4)13-22(5)12-16-10-19-7-8-20-16/h7-8,10-11,14-15H,6,9,12-13H2,1-5H3. The molecule has 7 nitrogen and oxygen atoms in total. The molecule has 0 aliphatic heterocycles. The van der Waals surface area contributed by atoms with E-state index < -0.39 is 15.1 Å². The van der Waals surface area contributed by atoms with Gasteiger partial charge in [-0.15, -0.1) is 0 Å². The molecule has 2 aromatic rings. The number of hydrogen-bond donors (Lipinski definition) is 0. The summed E-state index contributed by atoms with van der Waals surface area (Å²) in [5.41, 5.74) is 1.77. The van der Waals surface area contributed by atoms with Crippen LogP contribution in [-0.2, 0) is 29.5 Å². The molecule has 0 spiro atoms. The number of imidazole rings is 1. The molecular formula is C18H29N5O2S. The highest BCUT2D eigenvalue weighted by molar-refractivity contribution is 7.91. The van der Waals surface area contributed by atoms with E-state index in [1.54, 1.807) is 38.6 Å². The molecule has 144 valence electrons. The predicted molar refractivity (Wildman–Crippen MR) is 101 cm³/mol. The smallest absolute Gasteiger partial charge is 0.228 e. The van der Waals surface area contributed by atoms with Crippen LogP contribution in [0.15, 0.2) is 29.9 Å². The first-order valence-electron chi connectivity index (χ1n) is 8.93. The minimum Gasteiger partial charge on any atom is -0.318 e. The molecule has 2 aromatic heterocycles. The van der Waals surface area contributed by atoms with Crippen LogP contribution in [0.2, 0.25) is 0 Å². The zero-order chi connectivity index (χ0) is 19.3. The summed E-state index contributed by atoms with van der Waals surface area (Å²) in [6, 6.07) is 0. The number of rotatable bonds is 9. The van der Waals surface area contributed by atoms with Crippen LogP contribution in [0.5, 0.6) is 0 Å². The largest absolute Gasteiger partial charge is 0.318 e. The molecule has 0 bridgehead atoms. The van der Waals surface area contributed by atoms with Gasteiger partial charge in [0.25, 0.3) is 0 Å². The fraction of sp³-hybridized carbons (Fsp3) is 0.611. The molecule has 0 saturated carbocycles. The van der Waals surface area contributed by atoms with Gasteiger partial charge in [-0.25, -0.2) is 13.4 Å². The second-order valence-electron chi connectivity index (χ2n) is 7.33. The van der Waals surface area contributed by atoms with Crippen LogP contribution in [0.25, 0.3) is 0 Å². The van der Waals surface area contributed by atoms with E-state index in [1.165, 1.54) is 0 Å². The van der Waals surface area contributed by atoms with Gasteiger partial charge in [0, 0.05) is 38.2 Å². The third-order valence-corrected chi connectivity index (χ3v) is 6.26. The van der Waals surface area contributed by atoms with Crippen molar-refractivity contribution in [1.29, 1.82) is 0 Å². The van der Waals surface area contributed by atoms with Crippen molar-refractivity contribution < 1.29 is 8.42 Å². The van der Waals surface area contributed by atoms with Gasteiger partial charge < -0.3 is 4.57 Å². The van der Waals surface area contributed by atoms with Gasteiger partial charge in [0.1, 0.15) is 0 Å². The molecule has 0 aliphatic rings. The van der Waals surface area contributed by atoms with Crippen molar-refractivity contribution >= 4 is 9.84 Å². The van der Waals surface area contributed by atoms with E-state index in [1.807, 2.05) is 11.6 Å². The van der Waals surface area contributed by atoms with Crippen molar-refractivity contribution in [2.45, 2.75) is 64.2 Å². The second-order valence-corrected chi connectivity index (χ2v) is 9.73. The Morgan fingerprint density at radius 2 is 1.81 bits per heavy atom. The fourth-order valence-electron chi connectivity index (χ4n) is 2.60. The molecule has 26 heavy (non-hydrogen) atoms. The molecule has 0 unspecified atom stereocenters. The molecule has 2 heterocycles. The van der Waals surface area contributed by atoms with Gasteiger partial charge in [-0.3, -0.25) is 14.9 Å². The zero-order valence-electron chi connectivity index (χ0n) is 16.3. The van der Waals surface area contributed by atoms with Crippen molar-refractivity contribution in [3.05, 3.63) is 36.2 Å². The molecule has 2 rings (SSSR count). The first-order chi connectivity index (χ1) is 12.2. The van der Waals surface area contributed by atoms with Crippen LogP contribution < -0.4 is 0 Å². The van der Waals surface area contributed by atoms with Crippen LogP contribution in [-0.4, -0.2) is 45.1 Å². The molecule has 0 saturated heterocycles. The first kappa shape index (κ1) is 20.5. The van der Waals surface area contributed by atoms with E-state index in [-0.39, 0.29) is 5.16 Å². The van der Waals surface area contributed by atoms with Gasteiger partial charge in [-0.1, -0.05) is 13.8 Å². The number of aromatic nitrogens is 4. The maximum atomic E-state index is 12.7. The molecule has 0 aromatic carbocycles. The topological polar surface area (TPSA) is 81.0 Å². The van der Waals surface area contributed by atoms with E-state index in [4.69, 9.17) is 0 Å². The summed E-state index contributed by atoms with van der Waals surface area (Å²) >= 11 is 0. The highest BCUT2D eigenvalue weighted by Gasteiger charge is 2.27. The number of hydrogen-bond acceptors (Lipinski definition) is 6. The van der Waals surface area contributed by atoms with Crippen molar-refractivity contribution in [2.24, 2.45) is 5.92 Å². The summed E-state index contributed by atoms with van der Waals surface area (Å²) in [6.07, 6.45) is 7.64. The molecular weight excluding hydrogens is 350 g/mol. The Morgan fingerprint density at radius 3 is 2.38 bits per heavy atom. The van der Waals surface area contributed by atoms with Gasteiger partial charge in [0.2, 0.25) is 15.0 Å². The summed E-state index contributed by atoms with van der Waals surface area (Å²) in [7, 11) is -1.44. The normalized spacial score (nSPS) is 12.5. The minimum atomic E-state index is -3.42. The summed E-state index contributed by atoms with van der Waals surface area (Å²) in [6.45, 7) is 9.52. The molecule has 0 radical (unpaired) electrons. The summed E-state index contributed by atoms with van der Waals surface area (Å²) < 4.78 is 27.2.